The van der Waals surface area contributed by atoms with E-state index in [1.807, 2.05) is 31.2 Å². The molecule has 0 fully saturated rings. The highest BCUT2D eigenvalue weighted by Crippen LogP contribution is 2.26. The van der Waals surface area contributed by atoms with Gasteiger partial charge in [0, 0.05) is 11.5 Å². The fraction of sp³-hybridized carbons (Fsp3) is 0.176. The number of rotatable bonds is 3. The number of aryl methyl sites for hydroxylation is 1. The SMILES string of the molecule is Cc1ccc2oc(C(N)Cc3cc(F)cc(F)c3)cc2c1. The van der Waals surface area contributed by atoms with E-state index in [1.54, 1.807) is 0 Å². The molecule has 108 valence electrons. The molecule has 1 unspecified atom stereocenters. The summed E-state index contributed by atoms with van der Waals surface area (Å²) in [5.41, 5.74) is 8.50. The Balaban J connectivity index is 1.87. The average Bonchev–Trinajstić information content (AvgIpc) is 2.80. The van der Waals surface area contributed by atoms with Crippen molar-refractivity contribution in [2.24, 2.45) is 5.73 Å². The molecule has 0 bridgehead atoms. The molecule has 0 spiro atoms. The van der Waals surface area contributed by atoms with Crippen LogP contribution in [0, 0.1) is 18.6 Å². The average molecular weight is 287 g/mol. The smallest absolute Gasteiger partial charge is 0.134 e. The van der Waals surface area contributed by atoms with Gasteiger partial charge in [-0.3, -0.25) is 0 Å². The van der Waals surface area contributed by atoms with Crippen molar-refractivity contribution >= 4 is 11.0 Å². The van der Waals surface area contributed by atoms with E-state index in [4.69, 9.17) is 10.2 Å². The van der Waals surface area contributed by atoms with Gasteiger partial charge in [-0.1, -0.05) is 11.6 Å². The van der Waals surface area contributed by atoms with Gasteiger partial charge in [-0.2, -0.15) is 0 Å². The number of furan rings is 1. The van der Waals surface area contributed by atoms with Crippen molar-refractivity contribution in [3.05, 3.63) is 71.0 Å². The van der Waals surface area contributed by atoms with Crippen LogP contribution in [0.2, 0.25) is 0 Å². The van der Waals surface area contributed by atoms with Gasteiger partial charge in [0.1, 0.15) is 23.0 Å². The molecule has 1 aromatic heterocycles. The fourth-order valence-corrected chi connectivity index (χ4v) is 2.45. The van der Waals surface area contributed by atoms with Crippen LogP contribution in [-0.2, 0) is 6.42 Å². The standard InChI is InChI=1S/C17H15F2NO/c1-10-2-3-16-12(4-10)8-17(21-16)15(20)7-11-5-13(18)9-14(19)6-11/h2-6,8-9,15H,7,20H2,1H3. The van der Waals surface area contributed by atoms with E-state index >= 15 is 0 Å². The minimum Gasteiger partial charge on any atom is -0.459 e. The maximum absolute atomic E-state index is 13.2. The van der Waals surface area contributed by atoms with Crippen LogP contribution in [0.5, 0.6) is 0 Å². The zero-order valence-electron chi connectivity index (χ0n) is 11.6. The second-order valence-corrected chi connectivity index (χ2v) is 5.28. The van der Waals surface area contributed by atoms with Crippen LogP contribution >= 0.6 is 0 Å². The molecule has 0 radical (unpaired) electrons. The molecule has 0 aliphatic rings. The van der Waals surface area contributed by atoms with Crippen LogP contribution < -0.4 is 5.73 Å². The molecule has 2 aromatic carbocycles. The third-order valence-electron chi connectivity index (χ3n) is 3.43. The number of hydrogen-bond acceptors (Lipinski definition) is 2. The Kier molecular flexibility index (Phi) is 3.47. The molecule has 0 amide bonds. The van der Waals surface area contributed by atoms with Crippen LogP contribution in [0.3, 0.4) is 0 Å². The first kappa shape index (κ1) is 13.8. The van der Waals surface area contributed by atoms with Crippen molar-refractivity contribution < 1.29 is 13.2 Å². The summed E-state index contributed by atoms with van der Waals surface area (Å²) in [6, 6.07) is 10.7. The van der Waals surface area contributed by atoms with Gasteiger partial charge in [-0.25, -0.2) is 8.78 Å². The van der Waals surface area contributed by atoms with Gasteiger partial charge in [0.25, 0.3) is 0 Å². The van der Waals surface area contributed by atoms with Crippen molar-refractivity contribution in [1.82, 2.24) is 0 Å². The molecular weight excluding hydrogens is 272 g/mol. The van der Waals surface area contributed by atoms with E-state index in [0.29, 0.717) is 17.7 Å². The molecule has 0 saturated heterocycles. The van der Waals surface area contributed by atoms with Crippen molar-refractivity contribution in [3.8, 4) is 0 Å². The summed E-state index contributed by atoms with van der Waals surface area (Å²) in [6.07, 6.45) is 0.313. The van der Waals surface area contributed by atoms with Gasteiger partial charge < -0.3 is 10.2 Å². The Hall–Kier alpha value is -2.20. The molecule has 1 heterocycles. The van der Waals surface area contributed by atoms with E-state index in [9.17, 15) is 8.78 Å². The Labute approximate surface area is 121 Å². The Morgan fingerprint density at radius 3 is 2.48 bits per heavy atom. The lowest BCUT2D eigenvalue weighted by atomic mass is 10.0. The number of benzene rings is 2. The molecule has 1 atom stereocenters. The van der Waals surface area contributed by atoms with E-state index in [0.717, 1.165) is 22.6 Å². The van der Waals surface area contributed by atoms with E-state index < -0.39 is 17.7 Å². The fourth-order valence-electron chi connectivity index (χ4n) is 2.45. The van der Waals surface area contributed by atoms with Gasteiger partial charge in [0.05, 0.1) is 6.04 Å². The van der Waals surface area contributed by atoms with Crippen LogP contribution in [0.1, 0.15) is 22.9 Å². The molecular formula is C17H15F2NO. The molecule has 3 rings (SSSR count). The quantitative estimate of drug-likeness (QED) is 0.781. The predicted octanol–water partition coefficient (Wildman–Crippen LogP) is 4.26. The first-order valence-electron chi connectivity index (χ1n) is 6.72. The summed E-state index contributed by atoms with van der Waals surface area (Å²) in [6.45, 7) is 2.00. The molecule has 2 nitrogen and oxygen atoms in total. The molecule has 0 aliphatic heterocycles. The normalized spacial score (nSPS) is 12.8. The number of hydrogen-bond donors (Lipinski definition) is 1. The summed E-state index contributed by atoms with van der Waals surface area (Å²) in [5.74, 6) is -0.588. The topological polar surface area (TPSA) is 39.2 Å². The number of nitrogens with two attached hydrogens (primary N) is 1. The Morgan fingerprint density at radius 2 is 1.76 bits per heavy atom. The monoisotopic (exact) mass is 287 g/mol. The molecule has 21 heavy (non-hydrogen) atoms. The first-order chi connectivity index (χ1) is 10.0. The summed E-state index contributed by atoms with van der Waals surface area (Å²) >= 11 is 0. The number of halogens is 2. The van der Waals surface area contributed by atoms with Crippen LogP contribution in [0.4, 0.5) is 8.78 Å². The Bertz CT molecular complexity index is 774. The largest absolute Gasteiger partial charge is 0.459 e. The molecule has 0 saturated carbocycles. The maximum Gasteiger partial charge on any atom is 0.134 e. The lowest BCUT2D eigenvalue weighted by Gasteiger charge is -2.08. The van der Waals surface area contributed by atoms with Crippen molar-refractivity contribution in [2.45, 2.75) is 19.4 Å². The summed E-state index contributed by atoms with van der Waals surface area (Å²) in [4.78, 5) is 0. The minimum atomic E-state index is -0.600. The van der Waals surface area contributed by atoms with Gasteiger partial charge >= 0.3 is 0 Å². The third kappa shape index (κ3) is 2.95. The lowest BCUT2D eigenvalue weighted by molar-refractivity contribution is 0.492. The highest BCUT2D eigenvalue weighted by Gasteiger charge is 2.14. The first-order valence-corrected chi connectivity index (χ1v) is 6.72. The molecule has 2 N–H and O–H groups in total. The molecule has 0 aliphatic carbocycles. The third-order valence-corrected chi connectivity index (χ3v) is 3.43. The zero-order chi connectivity index (χ0) is 15.0. The van der Waals surface area contributed by atoms with Crippen LogP contribution in [0.15, 0.2) is 46.9 Å². The lowest BCUT2D eigenvalue weighted by Crippen LogP contribution is -2.12. The van der Waals surface area contributed by atoms with Crippen molar-refractivity contribution in [1.29, 1.82) is 0 Å². The van der Waals surface area contributed by atoms with Gasteiger partial charge in [-0.05, 0) is 49.2 Å². The van der Waals surface area contributed by atoms with Gasteiger partial charge in [0.15, 0.2) is 0 Å². The Morgan fingerprint density at radius 1 is 1.05 bits per heavy atom. The van der Waals surface area contributed by atoms with Crippen LogP contribution in [-0.4, -0.2) is 0 Å². The number of fused-ring (bicyclic) bond motifs is 1. The van der Waals surface area contributed by atoms with Gasteiger partial charge in [-0.15, -0.1) is 0 Å². The van der Waals surface area contributed by atoms with Gasteiger partial charge in [0.2, 0.25) is 0 Å². The second kappa shape index (κ2) is 5.30. The maximum atomic E-state index is 13.2. The zero-order valence-corrected chi connectivity index (χ0v) is 11.6. The van der Waals surface area contributed by atoms with Crippen molar-refractivity contribution in [3.63, 3.8) is 0 Å². The highest BCUT2D eigenvalue weighted by atomic mass is 19.1. The van der Waals surface area contributed by atoms with E-state index in [1.165, 1.54) is 12.1 Å². The summed E-state index contributed by atoms with van der Waals surface area (Å²) in [5, 5.41) is 0.978. The molecule has 4 heteroatoms. The van der Waals surface area contributed by atoms with E-state index in [2.05, 4.69) is 0 Å². The molecule has 3 aromatic rings. The van der Waals surface area contributed by atoms with Crippen molar-refractivity contribution in [2.75, 3.05) is 0 Å². The minimum absolute atomic E-state index is 0.313. The summed E-state index contributed by atoms with van der Waals surface area (Å²) < 4.78 is 32.1. The van der Waals surface area contributed by atoms with Crippen LogP contribution in [0.25, 0.3) is 11.0 Å². The highest BCUT2D eigenvalue weighted by molar-refractivity contribution is 5.78. The predicted molar refractivity (Wildman–Crippen MR) is 77.9 cm³/mol. The second-order valence-electron chi connectivity index (χ2n) is 5.28. The van der Waals surface area contributed by atoms with E-state index in [-0.39, 0.29) is 0 Å². The summed E-state index contributed by atoms with van der Waals surface area (Å²) in [7, 11) is 0.